The Bertz CT molecular complexity index is 1260. The monoisotopic (exact) mass is 483 g/mol. The maximum absolute atomic E-state index is 13.5. The summed E-state index contributed by atoms with van der Waals surface area (Å²) in [5, 5.41) is 7.09. The van der Waals surface area contributed by atoms with Crippen molar-refractivity contribution in [3.05, 3.63) is 82.9 Å². The molecule has 0 spiro atoms. The van der Waals surface area contributed by atoms with Crippen LogP contribution in [0.1, 0.15) is 36.1 Å². The van der Waals surface area contributed by atoms with Gasteiger partial charge in [-0.3, -0.25) is 9.48 Å². The molecule has 10 heteroatoms. The van der Waals surface area contributed by atoms with Crippen LogP contribution >= 0.6 is 0 Å². The summed E-state index contributed by atoms with van der Waals surface area (Å²) >= 11 is 0. The lowest BCUT2D eigenvalue weighted by Crippen LogP contribution is -2.49. The van der Waals surface area contributed by atoms with E-state index in [2.05, 4.69) is 10.4 Å². The number of aromatic nitrogens is 2. The normalized spacial score (nSPS) is 19.7. The van der Waals surface area contributed by atoms with Crippen LogP contribution in [0.3, 0.4) is 0 Å². The van der Waals surface area contributed by atoms with Crippen molar-refractivity contribution in [1.29, 1.82) is 0 Å². The summed E-state index contributed by atoms with van der Waals surface area (Å²) in [6.45, 7) is 2.89. The fourth-order valence-corrected chi connectivity index (χ4v) is 4.76. The molecule has 1 N–H and O–H groups in total. The number of rotatable bonds is 4. The number of carbonyl (C=O) groups excluding carboxylic acids is 2. The Morgan fingerprint density at radius 2 is 1.83 bits per heavy atom. The third kappa shape index (κ3) is 4.36. The maximum atomic E-state index is 13.5. The summed E-state index contributed by atoms with van der Waals surface area (Å²) in [6.07, 6.45) is 2.07. The molecule has 2 atom stereocenters. The summed E-state index contributed by atoms with van der Waals surface area (Å²) in [6, 6.07) is 11.0. The quantitative estimate of drug-likeness (QED) is 0.572. The molecule has 3 amide bonds. The Labute approximate surface area is 200 Å². The van der Waals surface area contributed by atoms with Crippen LogP contribution in [-0.4, -0.2) is 39.2 Å². The van der Waals surface area contributed by atoms with Gasteiger partial charge in [-0.15, -0.1) is 0 Å². The first-order valence-corrected chi connectivity index (χ1v) is 11.4. The second-order valence-corrected chi connectivity index (χ2v) is 8.98. The number of hydrogen-bond acceptors (Lipinski definition) is 3. The number of benzene rings is 2. The van der Waals surface area contributed by atoms with E-state index in [1.807, 2.05) is 37.3 Å². The van der Waals surface area contributed by atoms with E-state index in [9.17, 15) is 22.8 Å². The largest absolute Gasteiger partial charge is 0.334 e. The number of urea groups is 1. The average molecular weight is 483 g/mol. The molecular weight excluding hydrogens is 459 g/mol. The van der Waals surface area contributed by atoms with Crippen molar-refractivity contribution in [2.45, 2.75) is 44.9 Å². The number of anilines is 1. The molecule has 1 aromatic heterocycles. The minimum absolute atomic E-state index is 0.00430. The second-order valence-electron chi connectivity index (χ2n) is 8.98. The van der Waals surface area contributed by atoms with Crippen LogP contribution < -0.4 is 10.2 Å². The van der Waals surface area contributed by atoms with Crippen molar-refractivity contribution in [3.8, 4) is 0 Å². The van der Waals surface area contributed by atoms with Crippen molar-refractivity contribution >= 4 is 17.6 Å². The molecule has 35 heavy (non-hydrogen) atoms. The standard InChI is InChI=1S/C25H24F3N5O2/c1-15-12-33-22(14-31(15)25(35)29-10-16-7-19(26)24(28)20(27)8-16)21(11-30-33)32-13-18(9-23(32)34)17-5-3-2-4-6-17/h2-8,11,15,18H,9-10,12-14H2,1H3,(H,29,35)/t15-,18?/m0/s1. The van der Waals surface area contributed by atoms with Gasteiger partial charge in [0, 0.05) is 25.4 Å². The fourth-order valence-electron chi connectivity index (χ4n) is 4.76. The summed E-state index contributed by atoms with van der Waals surface area (Å²) < 4.78 is 42.0. The molecule has 182 valence electrons. The van der Waals surface area contributed by atoms with Crippen LogP contribution in [0.5, 0.6) is 0 Å². The number of amides is 3. The van der Waals surface area contributed by atoms with Gasteiger partial charge >= 0.3 is 6.03 Å². The molecule has 2 aromatic carbocycles. The predicted octanol–water partition coefficient (Wildman–Crippen LogP) is 3.93. The minimum atomic E-state index is -1.54. The SMILES string of the molecule is C[C@H]1Cn2ncc(N3CC(c4ccccc4)CC3=O)c2CN1C(=O)NCc1cc(F)c(F)c(F)c1. The zero-order chi connectivity index (χ0) is 24.7. The van der Waals surface area contributed by atoms with Gasteiger partial charge in [0.15, 0.2) is 17.5 Å². The zero-order valence-electron chi connectivity index (χ0n) is 19.0. The van der Waals surface area contributed by atoms with Gasteiger partial charge in [-0.05, 0) is 30.2 Å². The van der Waals surface area contributed by atoms with Gasteiger partial charge in [0.25, 0.3) is 0 Å². The summed E-state index contributed by atoms with van der Waals surface area (Å²) in [4.78, 5) is 29.1. The lowest BCUT2D eigenvalue weighted by Gasteiger charge is -2.35. The summed E-state index contributed by atoms with van der Waals surface area (Å²) in [7, 11) is 0. The molecule has 0 bridgehead atoms. The van der Waals surface area contributed by atoms with Crippen LogP contribution in [0.15, 0.2) is 48.7 Å². The van der Waals surface area contributed by atoms with Gasteiger partial charge in [0.05, 0.1) is 36.7 Å². The molecule has 1 unspecified atom stereocenters. The fraction of sp³-hybridized carbons (Fsp3) is 0.320. The van der Waals surface area contributed by atoms with Crippen LogP contribution in [0, 0.1) is 17.5 Å². The van der Waals surface area contributed by atoms with Crippen molar-refractivity contribution < 1.29 is 22.8 Å². The van der Waals surface area contributed by atoms with Crippen molar-refractivity contribution in [3.63, 3.8) is 0 Å². The number of nitrogens with one attached hydrogen (secondary N) is 1. The molecule has 1 fully saturated rings. The molecule has 3 heterocycles. The second kappa shape index (κ2) is 9.09. The molecule has 1 saturated heterocycles. The molecule has 5 rings (SSSR count). The van der Waals surface area contributed by atoms with E-state index in [0.717, 1.165) is 23.4 Å². The van der Waals surface area contributed by atoms with E-state index in [1.165, 1.54) is 0 Å². The molecule has 0 radical (unpaired) electrons. The first-order chi connectivity index (χ1) is 16.8. The van der Waals surface area contributed by atoms with Crippen LogP contribution in [-0.2, 0) is 24.4 Å². The average Bonchev–Trinajstić information content (AvgIpc) is 3.43. The molecule has 2 aliphatic rings. The van der Waals surface area contributed by atoms with E-state index in [0.29, 0.717) is 25.2 Å². The Balaban J connectivity index is 1.30. The van der Waals surface area contributed by atoms with E-state index < -0.39 is 23.5 Å². The Morgan fingerprint density at radius 1 is 1.11 bits per heavy atom. The summed E-state index contributed by atoms with van der Waals surface area (Å²) in [5.74, 6) is -4.07. The number of carbonyl (C=O) groups is 2. The highest BCUT2D eigenvalue weighted by Crippen LogP contribution is 2.35. The van der Waals surface area contributed by atoms with E-state index >= 15 is 0 Å². The maximum Gasteiger partial charge on any atom is 0.318 e. The number of nitrogens with zero attached hydrogens (tertiary/aromatic N) is 4. The molecule has 2 aliphatic heterocycles. The lowest BCUT2D eigenvalue weighted by molar-refractivity contribution is -0.117. The Kier molecular flexibility index (Phi) is 5.96. The van der Waals surface area contributed by atoms with Gasteiger partial charge in [0.1, 0.15) is 0 Å². The van der Waals surface area contributed by atoms with E-state index in [-0.39, 0.29) is 36.5 Å². The zero-order valence-corrected chi connectivity index (χ0v) is 19.0. The van der Waals surface area contributed by atoms with Crippen LogP contribution in [0.25, 0.3) is 0 Å². The van der Waals surface area contributed by atoms with Gasteiger partial charge in [0.2, 0.25) is 5.91 Å². The van der Waals surface area contributed by atoms with Gasteiger partial charge in [-0.1, -0.05) is 30.3 Å². The first-order valence-electron chi connectivity index (χ1n) is 11.4. The minimum Gasteiger partial charge on any atom is -0.334 e. The Morgan fingerprint density at radius 3 is 2.54 bits per heavy atom. The lowest BCUT2D eigenvalue weighted by atomic mass is 9.98. The van der Waals surface area contributed by atoms with Crippen molar-refractivity contribution in [2.75, 3.05) is 11.4 Å². The van der Waals surface area contributed by atoms with E-state index in [1.54, 1.807) is 20.7 Å². The number of halogens is 3. The molecule has 0 saturated carbocycles. The van der Waals surface area contributed by atoms with Gasteiger partial charge < -0.3 is 15.1 Å². The van der Waals surface area contributed by atoms with Crippen molar-refractivity contribution in [2.24, 2.45) is 0 Å². The first kappa shape index (κ1) is 22.9. The third-order valence-electron chi connectivity index (χ3n) is 6.65. The molecule has 3 aromatic rings. The summed E-state index contributed by atoms with van der Waals surface area (Å²) in [5.41, 5.74) is 2.65. The van der Waals surface area contributed by atoms with Crippen molar-refractivity contribution in [1.82, 2.24) is 20.0 Å². The van der Waals surface area contributed by atoms with Crippen LogP contribution in [0.2, 0.25) is 0 Å². The number of hydrogen-bond donors (Lipinski definition) is 1. The highest BCUT2D eigenvalue weighted by atomic mass is 19.2. The third-order valence-corrected chi connectivity index (χ3v) is 6.65. The van der Waals surface area contributed by atoms with E-state index in [4.69, 9.17) is 0 Å². The number of fused-ring (bicyclic) bond motifs is 1. The van der Waals surface area contributed by atoms with Gasteiger partial charge in [-0.2, -0.15) is 5.10 Å². The molecule has 7 nitrogen and oxygen atoms in total. The van der Waals surface area contributed by atoms with Gasteiger partial charge in [-0.25, -0.2) is 18.0 Å². The highest BCUT2D eigenvalue weighted by molar-refractivity contribution is 5.97. The Hall–Kier alpha value is -3.82. The smallest absolute Gasteiger partial charge is 0.318 e. The predicted molar refractivity (Wildman–Crippen MR) is 122 cm³/mol. The van der Waals surface area contributed by atoms with Crippen LogP contribution in [0.4, 0.5) is 23.7 Å². The molecular formula is C25H24F3N5O2. The molecule has 0 aliphatic carbocycles. The topological polar surface area (TPSA) is 70.5 Å². The highest BCUT2D eigenvalue weighted by Gasteiger charge is 2.36.